The van der Waals surface area contributed by atoms with Crippen molar-refractivity contribution in [1.29, 1.82) is 0 Å². The molecule has 4 rings (SSSR count). The van der Waals surface area contributed by atoms with E-state index in [0.29, 0.717) is 26.9 Å². The zero-order valence-corrected chi connectivity index (χ0v) is 16.4. The van der Waals surface area contributed by atoms with Crippen molar-refractivity contribution in [2.45, 2.75) is 26.2 Å². The number of amides is 1. The number of anilines is 1. The Morgan fingerprint density at radius 2 is 1.74 bits per heavy atom. The summed E-state index contributed by atoms with van der Waals surface area (Å²) in [7, 11) is 0. The molecule has 1 atom stereocenters. The van der Waals surface area contributed by atoms with Crippen LogP contribution in [0, 0.1) is 13.8 Å². The van der Waals surface area contributed by atoms with Gasteiger partial charge in [0.1, 0.15) is 6.61 Å². The molecule has 27 heavy (non-hydrogen) atoms. The number of cyclic esters (lactones) is 1. The van der Waals surface area contributed by atoms with Crippen molar-refractivity contribution in [2.75, 3.05) is 11.5 Å². The lowest BCUT2D eigenvalue weighted by Gasteiger charge is -2.32. The molecule has 0 radical (unpaired) electrons. The lowest BCUT2D eigenvalue weighted by molar-refractivity contribution is -0.136. The SMILES string of the molecule is Cc1cc(C)cc(N2C(=O)CC(c3ccc(Cl)cc3Cl)C3=C2COC3=O)c1. The van der Waals surface area contributed by atoms with E-state index in [4.69, 9.17) is 27.9 Å². The van der Waals surface area contributed by atoms with Gasteiger partial charge < -0.3 is 4.74 Å². The van der Waals surface area contributed by atoms with E-state index in [-0.39, 0.29) is 18.9 Å². The molecule has 2 aliphatic rings. The number of esters is 1. The fraction of sp³-hybridized carbons (Fsp3) is 0.238. The van der Waals surface area contributed by atoms with Crippen LogP contribution in [0.5, 0.6) is 0 Å². The molecule has 0 aliphatic carbocycles. The fourth-order valence-electron chi connectivity index (χ4n) is 3.88. The Morgan fingerprint density at radius 1 is 1.04 bits per heavy atom. The van der Waals surface area contributed by atoms with Crippen molar-refractivity contribution in [3.05, 3.63) is 74.4 Å². The predicted molar refractivity (Wildman–Crippen MR) is 105 cm³/mol. The van der Waals surface area contributed by atoms with Gasteiger partial charge in [-0.05, 0) is 54.8 Å². The second-order valence-electron chi connectivity index (χ2n) is 6.93. The largest absolute Gasteiger partial charge is 0.456 e. The summed E-state index contributed by atoms with van der Waals surface area (Å²) in [6.45, 7) is 4.04. The fourth-order valence-corrected chi connectivity index (χ4v) is 4.42. The Bertz CT molecular complexity index is 992. The minimum atomic E-state index is -0.436. The van der Waals surface area contributed by atoms with Gasteiger partial charge in [0, 0.05) is 28.1 Å². The molecule has 0 spiro atoms. The molecular formula is C21H17Cl2NO3. The molecule has 0 fully saturated rings. The molecule has 0 N–H and O–H groups in total. The zero-order valence-electron chi connectivity index (χ0n) is 14.9. The van der Waals surface area contributed by atoms with E-state index in [2.05, 4.69) is 0 Å². The predicted octanol–water partition coefficient (Wildman–Crippen LogP) is 4.94. The number of carbonyl (C=O) groups is 2. The van der Waals surface area contributed by atoms with Crippen molar-refractivity contribution >= 4 is 40.8 Å². The maximum Gasteiger partial charge on any atom is 0.336 e. The third-order valence-electron chi connectivity index (χ3n) is 4.92. The summed E-state index contributed by atoms with van der Waals surface area (Å²) in [6, 6.07) is 11.0. The van der Waals surface area contributed by atoms with Gasteiger partial charge in [0.05, 0.1) is 11.3 Å². The van der Waals surface area contributed by atoms with Gasteiger partial charge in [0.2, 0.25) is 5.91 Å². The average Bonchev–Trinajstić information content (AvgIpc) is 2.95. The Hall–Kier alpha value is -2.30. The van der Waals surface area contributed by atoms with E-state index < -0.39 is 11.9 Å². The van der Waals surface area contributed by atoms with Crippen molar-refractivity contribution in [3.8, 4) is 0 Å². The van der Waals surface area contributed by atoms with E-state index in [9.17, 15) is 9.59 Å². The van der Waals surface area contributed by atoms with E-state index >= 15 is 0 Å². The van der Waals surface area contributed by atoms with Crippen LogP contribution in [0.15, 0.2) is 47.7 Å². The molecule has 1 unspecified atom stereocenters. The number of hydrogen-bond donors (Lipinski definition) is 0. The van der Waals surface area contributed by atoms with Crippen LogP contribution in [-0.2, 0) is 14.3 Å². The van der Waals surface area contributed by atoms with Gasteiger partial charge in [0.25, 0.3) is 0 Å². The third-order valence-corrected chi connectivity index (χ3v) is 5.48. The number of hydrogen-bond acceptors (Lipinski definition) is 3. The van der Waals surface area contributed by atoms with E-state index in [1.54, 1.807) is 23.1 Å². The van der Waals surface area contributed by atoms with Crippen LogP contribution >= 0.6 is 23.2 Å². The summed E-state index contributed by atoms with van der Waals surface area (Å²) >= 11 is 12.4. The highest BCUT2D eigenvalue weighted by Crippen LogP contribution is 2.44. The van der Waals surface area contributed by atoms with Crippen molar-refractivity contribution < 1.29 is 14.3 Å². The summed E-state index contributed by atoms with van der Waals surface area (Å²) in [5.41, 5.74) is 4.65. The average molecular weight is 402 g/mol. The van der Waals surface area contributed by atoms with Crippen LogP contribution in [0.3, 0.4) is 0 Å². The zero-order chi connectivity index (χ0) is 19.3. The van der Waals surface area contributed by atoms with Gasteiger partial charge in [-0.25, -0.2) is 4.79 Å². The van der Waals surface area contributed by atoms with Crippen LogP contribution in [-0.4, -0.2) is 18.5 Å². The van der Waals surface area contributed by atoms with Crippen molar-refractivity contribution in [2.24, 2.45) is 0 Å². The number of carbonyl (C=O) groups excluding carboxylic acids is 2. The molecule has 2 aromatic carbocycles. The van der Waals surface area contributed by atoms with Gasteiger partial charge in [-0.3, -0.25) is 9.69 Å². The topological polar surface area (TPSA) is 46.6 Å². The molecule has 0 bridgehead atoms. The number of benzene rings is 2. The van der Waals surface area contributed by atoms with Crippen LogP contribution in [0.25, 0.3) is 0 Å². The number of aryl methyl sites for hydroxylation is 2. The summed E-state index contributed by atoms with van der Waals surface area (Å²) in [4.78, 5) is 27.2. The van der Waals surface area contributed by atoms with Crippen LogP contribution in [0.2, 0.25) is 10.0 Å². The monoisotopic (exact) mass is 401 g/mol. The molecule has 0 aromatic heterocycles. The van der Waals surface area contributed by atoms with Gasteiger partial charge in [-0.1, -0.05) is 35.3 Å². The highest BCUT2D eigenvalue weighted by atomic mass is 35.5. The molecule has 4 nitrogen and oxygen atoms in total. The first-order valence-corrected chi connectivity index (χ1v) is 9.37. The first-order valence-electron chi connectivity index (χ1n) is 8.61. The number of nitrogens with zero attached hydrogens (tertiary/aromatic N) is 1. The molecule has 138 valence electrons. The summed E-state index contributed by atoms with van der Waals surface area (Å²) < 4.78 is 5.30. The molecule has 2 aromatic rings. The number of ether oxygens (including phenoxy) is 1. The first-order chi connectivity index (χ1) is 12.8. The third kappa shape index (κ3) is 3.13. The molecule has 2 aliphatic heterocycles. The highest BCUT2D eigenvalue weighted by Gasteiger charge is 2.43. The summed E-state index contributed by atoms with van der Waals surface area (Å²) in [5.74, 6) is -0.926. The highest BCUT2D eigenvalue weighted by molar-refractivity contribution is 6.35. The van der Waals surface area contributed by atoms with Gasteiger partial charge in [0.15, 0.2) is 0 Å². The van der Waals surface area contributed by atoms with Crippen molar-refractivity contribution in [1.82, 2.24) is 0 Å². The van der Waals surface area contributed by atoms with E-state index in [1.165, 1.54) is 0 Å². The molecule has 0 saturated heterocycles. The maximum absolute atomic E-state index is 13.1. The first kappa shape index (κ1) is 18.1. The van der Waals surface area contributed by atoms with Crippen molar-refractivity contribution in [3.63, 3.8) is 0 Å². The molecule has 6 heteroatoms. The molecular weight excluding hydrogens is 385 g/mol. The Labute approximate surface area is 167 Å². The lowest BCUT2D eigenvalue weighted by Crippen LogP contribution is -2.37. The number of rotatable bonds is 2. The second-order valence-corrected chi connectivity index (χ2v) is 7.78. The Kier molecular flexibility index (Phi) is 4.49. The van der Waals surface area contributed by atoms with Crippen LogP contribution in [0.1, 0.15) is 29.0 Å². The van der Waals surface area contributed by atoms with E-state index in [0.717, 1.165) is 16.8 Å². The number of halogens is 2. The van der Waals surface area contributed by atoms with Crippen LogP contribution < -0.4 is 4.90 Å². The standard InChI is InChI=1S/C21H17Cl2NO3/c1-11-5-12(2)7-14(6-11)24-18-10-27-21(26)20(18)16(9-19(24)25)15-4-3-13(22)8-17(15)23/h3-8,16H,9-10H2,1-2H3. The molecule has 0 saturated carbocycles. The Balaban J connectivity index is 1.86. The molecule has 2 heterocycles. The maximum atomic E-state index is 13.1. The van der Waals surface area contributed by atoms with E-state index in [1.807, 2.05) is 32.0 Å². The normalized spacial score (nSPS) is 19.4. The summed E-state index contributed by atoms with van der Waals surface area (Å²) in [5, 5.41) is 0.942. The lowest BCUT2D eigenvalue weighted by atomic mass is 9.84. The summed E-state index contributed by atoms with van der Waals surface area (Å²) in [6.07, 6.45) is 0.141. The smallest absolute Gasteiger partial charge is 0.336 e. The van der Waals surface area contributed by atoms with Gasteiger partial charge in [-0.15, -0.1) is 0 Å². The minimum Gasteiger partial charge on any atom is -0.456 e. The minimum absolute atomic E-state index is 0.0780. The Morgan fingerprint density at radius 3 is 2.41 bits per heavy atom. The quantitative estimate of drug-likeness (QED) is 0.669. The second kappa shape index (κ2) is 6.70. The molecule has 1 amide bonds. The van der Waals surface area contributed by atoms with Crippen LogP contribution in [0.4, 0.5) is 5.69 Å². The van der Waals surface area contributed by atoms with Gasteiger partial charge >= 0.3 is 5.97 Å². The van der Waals surface area contributed by atoms with Gasteiger partial charge in [-0.2, -0.15) is 0 Å².